The van der Waals surface area contributed by atoms with E-state index in [1.807, 2.05) is 41.1 Å². The summed E-state index contributed by atoms with van der Waals surface area (Å²) in [5.41, 5.74) is 4.76. The minimum absolute atomic E-state index is 0.0263. The molecule has 1 aromatic heterocycles. The third-order valence-corrected chi connectivity index (χ3v) is 5.03. The zero-order valence-corrected chi connectivity index (χ0v) is 17.1. The van der Waals surface area contributed by atoms with E-state index in [2.05, 4.69) is 10.5 Å². The smallest absolute Gasteiger partial charge is 0.274 e. The van der Waals surface area contributed by atoms with Crippen molar-refractivity contribution < 1.29 is 14.1 Å². The van der Waals surface area contributed by atoms with Crippen LogP contribution in [0.15, 0.2) is 78.0 Å². The normalized spacial score (nSPS) is 10.9. The molecule has 1 N–H and O–H groups in total. The highest BCUT2D eigenvalue weighted by Gasteiger charge is 2.12. The Balaban J connectivity index is 1.55. The SMILES string of the molecule is N#Cc1ccc(C(=O)N/N=C\c2cn(Cc3ccc([N+](=O)[O-])cc3)c3ccccc23)c(F)c1. The number of nitriles is 1. The van der Waals surface area contributed by atoms with Crippen LogP contribution in [0.2, 0.25) is 0 Å². The second-order valence-corrected chi connectivity index (χ2v) is 7.16. The van der Waals surface area contributed by atoms with Crippen molar-refractivity contribution in [3.05, 3.63) is 111 Å². The zero-order valence-electron chi connectivity index (χ0n) is 17.1. The highest BCUT2D eigenvalue weighted by molar-refractivity contribution is 6.00. The summed E-state index contributed by atoms with van der Waals surface area (Å²) in [6.45, 7) is 0.481. The third-order valence-electron chi connectivity index (χ3n) is 5.03. The van der Waals surface area contributed by atoms with E-state index in [1.54, 1.807) is 12.1 Å². The first-order chi connectivity index (χ1) is 16.0. The predicted octanol–water partition coefficient (Wildman–Crippen LogP) is 4.37. The molecule has 8 nitrogen and oxygen atoms in total. The van der Waals surface area contributed by atoms with E-state index in [9.17, 15) is 19.3 Å². The van der Waals surface area contributed by atoms with Crippen LogP contribution < -0.4 is 5.43 Å². The summed E-state index contributed by atoms with van der Waals surface area (Å²) in [5, 5.41) is 24.5. The van der Waals surface area contributed by atoms with Gasteiger partial charge in [0.1, 0.15) is 5.82 Å². The van der Waals surface area contributed by atoms with Gasteiger partial charge >= 0.3 is 0 Å². The van der Waals surface area contributed by atoms with Crippen LogP contribution in [-0.2, 0) is 6.54 Å². The van der Waals surface area contributed by atoms with Crippen LogP contribution in [0, 0.1) is 27.3 Å². The Hall–Kier alpha value is -4.84. The molecule has 0 unspecified atom stereocenters. The molecule has 4 aromatic rings. The fourth-order valence-electron chi connectivity index (χ4n) is 3.42. The standard InChI is InChI=1S/C24H16FN5O3/c25-22-11-17(12-26)7-10-21(22)24(31)28-27-13-18-15-29(23-4-2-1-3-20(18)23)14-16-5-8-19(9-6-16)30(32)33/h1-11,13,15H,14H2,(H,28,31)/b27-13-. The number of hydrogen-bond donors (Lipinski definition) is 1. The predicted molar refractivity (Wildman–Crippen MR) is 120 cm³/mol. The summed E-state index contributed by atoms with van der Waals surface area (Å²) in [6.07, 6.45) is 3.32. The van der Waals surface area contributed by atoms with Gasteiger partial charge in [-0.2, -0.15) is 10.4 Å². The molecule has 1 amide bonds. The molecule has 0 radical (unpaired) electrons. The maximum Gasteiger partial charge on any atom is 0.274 e. The Kier molecular flexibility index (Phi) is 5.91. The van der Waals surface area contributed by atoms with E-state index in [0.29, 0.717) is 6.54 Å². The number of carbonyl (C=O) groups excluding carboxylic acids is 1. The van der Waals surface area contributed by atoms with Gasteiger partial charge in [-0.05, 0) is 29.8 Å². The lowest BCUT2D eigenvalue weighted by Gasteiger charge is -2.05. The Morgan fingerprint density at radius 1 is 1.18 bits per heavy atom. The summed E-state index contributed by atoms with van der Waals surface area (Å²) < 4.78 is 16.0. The number of hydrogen-bond acceptors (Lipinski definition) is 5. The number of nitrogens with zero attached hydrogens (tertiary/aromatic N) is 4. The molecule has 0 atom stereocenters. The molecule has 0 spiro atoms. The minimum Gasteiger partial charge on any atom is -0.342 e. The van der Waals surface area contributed by atoms with Crippen LogP contribution in [0.25, 0.3) is 10.9 Å². The van der Waals surface area contributed by atoms with Gasteiger partial charge in [0.2, 0.25) is 0 Å². The number of aromatic nitrogens is 1. The Morgan fingerprint density at radius 2 is 1.94 bits per heavy atom. The van der Waals surface area contributed by atoms with E-state index >= 15 is 0 Å². The number of amides is 1. The zero-order chi connectivity index (χ0) is 23.4. The van der Waals surface area contributed by atoms with Crippen molar-refractivity contribution in [2.75, 3.05) is 0 Å². The number of hydrazone groups is 1. The first-order valence-corrected chi connectivity index (χ1v) is 9.80. The van der Waals surface area contributed by atoms with Crippen molar-refractivity contribution in [1.29, 1.82) is 5.26 Å². The van der Waals surface area contributed by atoms with Crippen molar-refractivity contribution in [2.45, 2.75) is 6.54 Å². The highest BCUT2D eigenvalue weighted by atomic mass is 19.1. The van der Waals surface area contributed by atoms with Gasteiger partial charge in [0.05, 0.1) is 28.3 Å². The summed E-state index contributed by atoms with van der Waals surface area (Å²) >= 11 is 0. The molecule has 0 bridgehead atoms. The lowest BCUT2D eigenvalue weighted by Crippen LogP contribution is -2.19. The second kappa shape index (κ2) is 9.11. The molecule has 0 aliphatic heterocycles. The van der Waals surface area contributed by atoms with Crippen LogP contribution in [0.3, 0.4) is 0 Å². The molecular formula is C24H16FN5O3. The monoisotopic (exact) mass is 441 g/mol. The van der Waals surface area contributed by atoms with Crippen LogP contribution in [-0.4, -0.2) is 21.6 Å². The molecule has 4 rings (SSSR count). The van der Waals surface area contributed by atoms with Gasteiger partial charge in [-0.25, -0.2) is 9.82 Å². The summed E-state index contributed by atoms with van der Waals surface area (Å²) in [4.78, 5) is 22.7. The fourth-order valence-corrected chi connectivity index (χ4v) is 3.42. The van der Waals surface area contributed by atoms with E-state index in [0.717, 1.165) is 28.1 Å². The van der Waals surface area contributed by atoms with Gasteiger partial charge < -0.3 is 4.57 Å². The number of fused-ring (bicyclic) bond motifs is 1. The Morgan fingerprint density at radius 3 is 2.64 bits per heavy atom. The number of non-ortho nitro benzene ring substituents is 1. The Bertz CT molecular complexity index is 1440. The maximum atomic E-state index is 14.0. The van der Waals surface area contributed by atoms with Crippen LogP contribution in [0.1, 0.15) is 27.0 Å². The number of para-hydroxylation sites is 1. The summed E-state index contributed by atoms with van der Waals surface area (Å²) in [6, 6.07) is 19.3. The van der Waals surface area contributed by atoms with Crippen molar-refractivity contribution in [2.24, 2.45) is 5.10 Å². The number of nitro groups is 1. The lowest BCUT2D eigenvalue weighted by atomic mass is 10.1. The quantitative estimate of drug-likeness (QED) is 0.272. The van der Waals surface area contributed by atoms with Gasteiger partial charge in [0.15, 0.2) is 0 Å². The Labute approximate surface area is 187 Å². The molecular weight excluding hydrogens is 425 g/mol. The molecule has 0 aliphatic carbocycles. The molecule has 0 saturated heterocycles. The molecule has 0 aliphatic rings. The topological polar surface area (TPSA) is 113 Å². The fraction of sp³-hybridized carbons (Fsp3) is 0.0417. The molecule has 3 aromatic carbocycles. The first-order valence-electron chi connectivity index (χ1n) is 9.80. The number of halogens is 1. The average molecular weight is 441 g/mol. The minimum atomic E-state index is -0.804. The van der Waals surface area contributed by atoms with Crippen molar-refractivity contribution in [1.82, 2.24) is 9.99 Å². The highest BCUT2D eigenvalue weighted by Crippen LogP contribution is 2.22. The number of rotatable bonds is 6. The molecule has 1 heterocycles. The van der Waals surface area contributed by atoms with Gasteiger partial charge in [-0.3, -0.25) is 14.9 Å². The van der Waals surface area contributed by atoms with Crippen LogP contribution in [0.5, 0.6) is 0 Å². The summed E-state index contributed by atoms with van der Waals surface area (Å²) in [5.74, 6) is -1.54. The maximum absolute atomic E-state index is 14.0. The van der Waals surface area contributed by atoms with Gasteiger partial charge in [-0.1, -0.05) is 30.3 Å². The van der Waals surface area contributed by atoms with Crippen LogP contribution >= 0.6 is 0 Å². The molecule has 33 heavy (non-hydrogen) atoms. The third kappa shape index (κ3) is 4.60. The molecule has 0 saturated carbocycles. The van der Waals surface area contributed by atoms with E-state index in [4.69, 9.17) is 5.26 Å². The average Bonchev–Trinajstić information content (AvgIpc) is 3.16. The lowest BCUT2D eigenvalue weighted by molar-refractivity contribution is -0.384. The first kappa shape index (κ1) is 21.4. The van der Waals surface area contributed by atoms with E-state index < -0.39 is 16.6 Å². The largest absolute Gasteiger partial charge is 0.342 e. The van der Waals surface area contributed by atoms with Crippen molar-refractivity contribution in [3.63, 3.8) is 0 Å². The van der Waals surface area contributed by atoms with Gasteiger partial charge in [0.25, 0.3) is 11.6 Å². The van der Waals surface area contributed by atoms with E-state index in [-0.39, 0.29) is 16.8 Å². The number of nitrogens with one attached hydrogen (secondary N) is 1. The second-order valence-electron chi connectivity index (χ2n) is 7.16. The van der Waals surface area contributed by atoms with Crippen molar-refractivity contribution >= 4 is 28.7 Å². The number of benzene rings is 3. The summed E-state index contributed by atoms with van der Waals surface area (Å²) in [7, 11) is 0. The number of nitro benzene ring substituents is 1. The molecule has 9 heteroatoms. The molecule has 0 fully saturated rings. The van der Waals surface area contributed by atoms with Crippen LogP contribution in [0.4, 0.5) is 10.1 Å². The van der Waals surface area contributed by atoms with Crippen molar-refractivity contribution in [3.8, 4) is 6.07 Å². The van der Waals surface area contributed by atoms with Gasteiger partial charge in [-0.15, -0.1) is 0 Å². The number of carbonyl (C=O) groups is 1. The molecule has 162 valence electrons. The van der Waals surface area contributed by atoms with E-state index in [1.165, 1.54) is 30.5 Å². The van der Waals surface area contributed by atoms with Gasteiger partial charge in [0, 0.05) is 41.3 Å².